The molecular weight excluding hydrogens is 371 g/mol. The van der Waals surface area contributed by atoms with Gasteiger partial charge in [-0.05, 0) is 37.1 Å². The van der Waals surface area contributed by atoms with Gasteiger partial charge in [-0.1, -0.05) is 71.9 Å². The van der Waals surface area contributed by atoms with Gasteiger partial charge in [0.05, 0.1) is 0 Å². The van der Waals surface area contributed by atoms with Crippen LogP contribution in [0.2, 0.25) is 10.0 Å². The van der Waals surface area contributed by atoms with Crippen molar-refractivity contribution in [2.45, 2.75) is 38.1 Å². The van der Waals surface area contributed by atoms with Crippen LogP contribution < -0.4 is 5.32 Å². The maximum Gasteiger partial charge on any atom is 0.433 e. The fraction of sp³-hybridized carbons (Fsp3) is 0.300. The average molecular weight is 391 g/mol. The molecule has 0 unspecified atom stereocenters. The first-order valence-electron chi connectivity index (χ1n) is 8.69. The van der Waals surface area contributed by atoms with Gasteiger partial charge in [-0.15, -0.1) is 0 Å². The first-order valence-corrected chi connectivity index (χ1v) is 9.45. The minimum Gasteiger partial charge on any atom is -0.317 e. The first-order chi connectivity index (χ1) is 12.6. The van der Waals surface area contributed by atoms with E-state index in [2.05, 4.69) is 10.5 Å². The van der Waals surface area contributed by atoms with Crippen molar-refractivity contribution < 1.29 is 9.63 Å². The number of nitrogens with one attached hydrogen (secondary N) is 1. The molecule has 26 heavy (non-hydrogen) atoms. The summed E-state index contributed by atoms with van der Waals surface area (Å²) in [5.41, 5.74) is 2.13. The number of carbonyl (C=O) groups is 1. The van der Waals surface area contributed by atoms with Gasteiger partial charge in [0.25, 0.3) is 0 Å². The van der Waals surface area contributed by atoms with Gasteiger partial charge >= 0.3 is 6.09 Å². The summed E-state index contributed by atoms with van der Waals surface area (Å²) in [4.78, 5) is 17.3. The van der Waals surface area contributed by atoms with Crippen molar-refractivity contribution in [3.63, 3.8) is 0 Å². The molecule has 1 amide bonds. The predicted molar refractivity (Wildman–Crippen MR) is 105 cm³/mol. The van der Waals surface area contributed by atoms with E-state index in [0.29, 0.717) is 15.8 Å². The van der Waals surface area contributed by atoms with Gasteiger partial charge < -0.3 is 5.32 Å². The number of halogens is 2. The highest BCUT2D eigenvalue weighted by atomic mass is 35.5. The van der Waals surface area contributed by atoms with Crippen molar-refractivity contribution in [1.82, 2.24) is 5.32 Å². The third kappa shape index (κ3) is 5.23. The molecule has 136 valence electrons. The molecule has 0 aromatic heterocycles. The monoisotopic (exact) mass is 390 g/mol. The minimum atomic E-state index is -0.530. The lowest BCUT2D eigenvalue weighted by molar-refractivity contribution is 0.143. The Morgan fingerprint density at radius 2 is 1.38 bits per heavy atom. The Bertz CT molecular complexity index is 720. The van der Waals surface area contributed by atoms with Crippen LogP contribution in [0.3, 0.4) is 0 Å². The van der Waals surface area contributed by atoms with E-state index in [-0.39, 0.29) is 6.04 Å². The Labute approximate surface area is 163 Å². The quantitative estimate of drug-likeness (QED) is 0.407. The molecule has 0 spiro atoms. The van der Waals surface area contributed by atoms with Crippen LogP contribution in [-0.4, -0.2) is 17.8 Å². The van der Waals surface area contributed by atoms with Crippen LogP contribution in [0.1, 0.15) is 43.2 Å². The SMILES string of the molecule is O=C(NC1CCCCC1)ON=C(c1ccc(Cl)cc1)c1ccc(Cl)cc1. The van der Waals surface area contributed by atoms with Gasteiger partial charge in [-0.3, -0.25) is 4.84 Å². The molecular formula is C20H20Cl2N2O2. The van der Waals surface area contributed by atoms with Crippen molar-refractivity contribution in [2.24, 2.45) is 5.16 Å². The number of amides is 1. The second kappa shape index (κ2) is 9.06. The number of nitrogens with zero attached hydrogens (tertiary/aromatic N) is 1. The molecule has 1 fully saturated rings. The Kier molecular flexibility index (Phi) is 6.53. The highest BCUT2D eigenvalue weighted by molar-refractivity contribution is 6.31. The van der Waals surface area contributed by atoms with Crippen LogP contribution in [0.25, 0.3) is 0 Å². The van der Waals surface area contributed by atoms with E-state index in [0.717, 1.165) is 36.8 Å². The molecule has 2 aromatic rings. The molecule has 2 aromatic carbocycles. The normalized spacial score (nSPS) is 14.5. The van der Waals surface area contributed by atoms with E-state index in [1.807, 2.05) is 24.3 Å². The largest absolute Gasteiger partial charge is 0.433 e. The van der Waals surface area contributed by atoms with Gasteiger partial charge in [0.1, 0.15) is 5.71 Å². The molecule has 1 aliphatic rings. The molecule has 3 rings (SSSR count). The summed E-state index contributed by atoms with van der Waals surface area (Å²) in [7, 11) is 0. The third-order valence-corrected chi connectivity index (χ3v) is 4.89. The number of rotatable bonds is 4. The highest BCUT2D eigenvalue weighted by Gasteiger charge is 2.17. The zero-order chi connectivity index (χ0) is 18.4. The van der Waals surface area contributed by atoms with Crippen LogP contribution in [0, 0.1) is 0 Å². The lowest BCUT2D eigenvalue weighted by Crippen LogP contribution is -2.36. The Balaban J connectivity index is 1.77. The number of oxime groups is 1. The number of benzene rings is 2. The van der Waals surface area contributed by atoms with Crippen LogP contribution in [0.15, 0.2) is 53.7 Å². The Morgan fingerprint density at radius 1 is 0.885 bits per heavy atom. The summed E-state index contributed by atoms with van der Waals surface area (Å²) in [6, 6.07) is 14.6. The summed E-state index contributed by atoms with van der Waals surface area (Å²) < 4.78 is 0. The molecule has 0 atom stereocenters. The van der Waals surface area contributed by atoms with Crippen molar-refractivity contribution in [3.8, 4) is 0 Å². The van der Waals surface area contributed by atoms with E-state index < -0.39 is 6.09 Å². The smallest absolute Gasteiger partial charge is 0.317 e. The summed E-state index contributed by atoms with van der Waals surface area (Å²) in [6.07, 6.45) is 4.93. The fourth-order valence-electron chi connectivity index (χ4n) is 3.01. The van der Waals surface area contributed by atoms with Gasteiger partial charge in [0, 0.05) is 27.2 Å². The predicted octanol–water partition coefficient (Wildman–Crippen LogP) is 5.80. The maximum absolute atomic E-state index is 12.1. The van der Waals surface area contributed by atoms with Crippen LogP contribution in [-0.2, 0) is 4.84 Å². The maximum atomic E-state index is 12.1. The van der Waals surface area contributed by atoms with Crippen LogP contribution in [0.4, 0.5) is 4.79 Å². The summed E-state index contributed by atoms with van der Waals surface area (Å²) in [5, 5.41) is 8.24. The van der Waals surface area contributed by atoms with Gasteiger partial charge in [-0.25, -0.2) is 4.79 Å². The third-order valence-electron chi connectivity index (χ3n) is 4.38. The molecule has 0 heterocycles. The molecule has 0 aliphatic heterocycles. The van der Waals surface area contributed by atoms with E-state index in [1.165, 1.54) is 6.42 Å². The molecule has 0 radical (unpaired) electrons. The molecule has 0 saturated heterocycles. The lowest BCUT2D eigenvalue weighted by atomic mass is 9.96. The number of carbonyl (C=O) groups excluding carboxylic acids is 1. The standard InChI is InChI=1S/C20H20Cl2N2O2/c21-16-10-6-14(7-11-16)19(15-8-12-17(22)13-9-15)24-26-20(25)23-18-4-2-1-3-5-18/h6-13,18H,1-5H2,(H,23,25). The first kappa shape index (κ1) is 18.7. The lowest BCUT2D eigenvalue weighted by Gasteiger charge is -2.21. The molecule has 1 aliphatic carbocycles. The van der Waals surface area contributed by atoms with E-state index in [4.69, 9.17) is 28.0 Å². The second-order valence-electron chi connectivity index (χ2n) is 6.31. The number of hydrogen-bond acceptors (Lipinski definition) is 3. The van der Waals surface area contributed by atoms with Crippen molar-refractivity contribution in [2.75, 3.05) is 0 Å². The van der Waals surface area contributed by atoms with Crippen molar-refractivity contribution >= 4 is 35.0 Å². The van der Waals surface area contributed by atoms with Gasteiger partial charge in [0.15, 0.2) is 0 Å². The fourth-order valence-corrected chi connectivity index (χ4v) is 3.27. The molecule has 0 bridgehead atoms. The Morgan fingerprint density at radius 3 is 1.88 bits per heavy atom. The summed E-state index contributed by atoms with van der Waals surface area (Å²) >= 11 is 11.9. The van der Waals surface area contributed by atoms with Gasteiger partial charge in [-0.2, -0.15) is 0 Å². The van der Waals surface area contributed by atoms with E-state index >= 15 is 0 Å². The van der Waals surface area contributed by atoms with E-state index in [9.17, 15) is 4.79 Å². The van der Waals surface area contributed by atoms with E-state index in [1.54, 1.807) is 24.3 Å². The molecule has 6 heteroatoms. The molecule has 4 nitrogen and oxygen atoms in total. The summed E-state index contributed by atoms with van der Waals surface area (Å²) in [5.74, 6) is 0. The zero-order valence-corrected chi connectivity index (χ0v) is 15.8. The molecule has 1 saturated carbocycles. The average Bonchev–Trinajstić information content (AvgIpc) is 2.65. The molecule has 1 N–H and O–H groups in total. The highest BCUT2D eigenvalue weighted by Crippen LogP contribution is 2.19. The minimum absolute atomic E-state index is 0.168. The van der Waals surface area contributed by atoms with Crippen molar-refractivity contribution in [3.05, 3.63) is 69.7 Å². The summed E-state index contributed by atoms with van der Waals surface area (Å²) in [6.45, 7) is 0. The van der Waals surface area contributed by atoms with Crippen LogP contribution in [0.5, 0.6) is 0 Å². The number of hydrogen-bond donors (Lipinski definition) is 1. The van der Waals surface area contributed by atoms with Crippen molar-refractivity contribution in [1.29, 1.82) is 0 Å². The van der Waals surface area contributed by atoms with Gasteiger partial charge in [0.2, 0.25) is 0 Å². The topological polar surface area (TPSA) is 50.7 Å². The Hall–Kier alpha value is -2.04. The van der Waals surface area contributed by atoms with Crippen LogP contribution >= 0.6 is 23.2 Å². The zero-order valence-electron chi connectivity index (χ0n) is 14.3. The second-order valence-corrected chi connectivity index (χ2v) is 7.18.